The van der Waals surface area contributed by atoms with Crippen molar-refractivity contribution < 1.29 is 8.78 Å². The van der Waals surface area contributed by atoms with Gasteiger partial charge in [0.25, 0.3) is 0 Å². The highest BCUT2D eigenvalue weighted by molar-refractivity contribution is 5.60. The summed E-state index contributed by atoms with van der Waals surface area (Å²) in [7, 11) is 0. The number of nitrogens with zero attached hydrogens (tertiary/aromatic N) is 2. The lowest BCUT2D eigenvalue weighted by molar-refractivity contribution is 0.585. The largest absolute Gasteiger partial charge is 0.368 e. The molecule has 0 fully saturated rings. The van der Waals surface area contributed by atoms with E-state index < -0.39 is 11.6 Å². The molecule has 0 aliphatic rings. The Morgan fingerprint density at radius 3 is 2.60 bits per heavy atom. The van der Waals surface area contributed by atoms with E-state index in [0.717, 1.165) is 12.1 Å². The van der Waals surface area contributed by atoms with Gasteiger partial charge in [-0.3, -0.25) is 0 Å². The van der Waals surface area contributed by atoms with Crippen LogP contribution in [0.2, 0.25) is 0 Å². The van der Waals surface area contributed by atoms with Crippen molar-refractivity contribution in [1.82, 2.24) is 9.97 Å². The summed E-state index contributed by atoms with van der Waals surface area (Å²) >= 11 is 0. The van der Waals surface area contributed by atoms with Crippen molar-refractivity contribution in [2.24, 2.45) is 0 Å². The number of benzene rings is 1. The van der Waals surface area contributed by atoms with Crippen molar-refractivity contribution in [3.63, 3.8) is 0 Å². The second kappa shape index (κ2) is 3.61. The van der Waals surface area contributed by atoms with Crippen molar-refractivity contribution in [2.75, 3.05) is 5.73 Å². The minimum atomic E-state index is -0.673. The Morgan fingerprint density at radius 1 is 1.13 bits per heavy atom. The van der Waals surface area contributed by atoms with E-state index >= 15 is 0 Å². The normalized spacial score (nSPS) is 10.3. The van der Waals surface area contributed by atoms with Gasteiger partial charge in [0.05, 0.1) is 5.69 Å². The van der Waals surface area contributed by atoms with Gasteiger partial charge in [0.1, 0.15) is 11.6 Å². The van der Waals surface area contributed by atoms with Gasteiger partial charge in [-0.25, -0.2) is 18.7 Å². The SMILES string of the molecule is Nc1nccc(-c2ccc(F)cc2F)n1. The molecule has 5 heteroatoms. The van der Waals surface area contributed by atoms with Crippen LogP contribution in [0.3, 0.4) is 0 Å². The number of halogens is 2. The molecule has 0 saturated heterocycles. The van der Waals surface area contributed by atoms with Crippen LogP contribution in [-0.2, 0) is 0 Å². The lowest BCUT2D eigenvalue weighted by Crippen LogP contribution is -1.96. The zero-order valence-corrected chi connectivity index (χ0v) is 7.61. The Labute approximate surface area is 84.6 Å². The third-order valence-electron chi connectivity index (χ3n) is 1.88. The fourth-order valence-electron chi connectivity index (χ4n) is 1.22. The average Bonchev–Trinajstić information content (AvgIpc) is 2.17. The number of anilines is 1. The number of nitrogens with two attached hydrogens (primary N) is 1. The van der Waals surface area contributed by atoms with E-state index in [1.54, 1.807) is 0 Å². The second-order valence-corrected chi connectivity index (χ2v) is 2.92. The molecule has 0 amide bonds. The molecule has 2 rings (SSSR count). The molecule has 0 radical (unpaired) electrons. The summed E-state index contributed by atoms with van der Waals surface area (Å²) < 4.78 is 26.0. The smallest absolute Gasteiger partial charge is 0.220 e. The Kier molecular flexibility index (Phi) is 2.29. The van der Waals surface area contributed by atoms with Crippen molar-refractivity contribution >= 4 is 5.95 Å². The molecular formula is C10H7F2N3. The fraction of sp³-hybridized carbons (Fsp3) is 0. The first-order chi connectivity index (χ1) is 7.16. The summed E-state index contributed by atoms with van der Waals surface area (Å²) in [6.07, 6.45) is 1.42. The number of rotatable bonds is 1. The first-order valence-electron chi connectivity index (χ1n) is 4.21. The Hall–Kier alpha value is -2.04. The molecule has 76 valence electrons. The molecule has 0 atom stereocenters. The zero-order chi connectivity index (χ0) is 10.8. The van der Waals surface area contributed by atoms with Crippen molar-refractivity contribution in [3.05, 3.63) is 42.1 Å². The van der Waals surface area contributed by atoms with Gasteiger partial charge in [-0.15, -0.1) is 0 Å². The van der Waals surface area contributed by atoms with Gasteiger partial charge < -0.3 is 5.73 Å². The van der Waals surface area contributed by atoms with Gasteiger partial charge in [0.15, 0.2) is 0 Å². The second-order valence-electron chi connectivity index (χ2n) is 2.92. The summed E-state index contributed by atoms with van der Waals surface area (Å²) in [5.74, 6) is -1.25. The van der Waals surface area contributed by atoms with Crippen LogP contribution in [0, 0.1) is 11.6 Å². The monoisotopic (exact) mass is 207 g/mol. The van der Waals surface area contributed by atoms with Gasteiger partial charge in [0.2, 0.25) is 5.95 Å². The Morgan fingerprint density at radius 2 is 1.93 bits per heavy atom. The zero-order valence-electron chi connectivity index (χ0n) is 7.61. The van der Waals surface area contributed by atoms with Crippen molar-refractivity contribution in [2.45, 2.75) is 0 Å². The van der Waals surface area contributed by atoms with E-state index in [-0.39, 0.29) is 11.5 Å². The summed E-state index contributed by atoms with van der Waals surface area (Å²) in [6.45, 7) is 0. The van der Waals surface area contributed by atoms with Crippen molar-refractivity contribution in [1.29, 1.82) is 0 Å². The fourth-order valence-corrected chi connectivity index (χ4v) is 1.22. The third kappa shape index (κ3) is 1.90. The summed E-state index contributed by atoms with van der Waals surface area (Å²) in [6, 6.07) is 4.78. The van der Waals surface area contributed by atoms with E-state index in [9.17, 15) is 8.78 Å². The maximum Gasteiger partial charge on any atom is 0.220 e. The Balaban J connectivity index is 2.54. The highest BCUT2D eigenvalue weighted by Crippen LogP contribution is 2.21. The lowest BCUT2D eigenvalue weighted by atomic mass is 10.1. The minimum absolute atomic E-state index is 0.0521. The van der Waals surface area contributed by atoms with Gasteiger partial charge in [-0.2, -0.15) is 0 Å². The molecule has 0 unspecified atom stereocenters. The highest BCUT2D eigenvalue weighted by Gasteiger charge is 2.07. The van der Waals surface area contributed by atoms with E-state index in [4.69, 9.17) is 5.73 Å². The molecule has 0 bridgehead atoms. The van der Waals surface area contributed by atoms with E-state index in [2.05, 4.69) is 9.97 Å². The standard InChI is InChI=1S/C10H7F2N3/c11-6-1-2-7(8(12)5-6)9-3-4-14-10(13)15-9/h1-5H,(H2,13,14,15). The first kappa shape index (κ1) is 9.51. The van der Waals surface area contributed by atoms with Crippen LogP contribution in [0.15, 0.2) is 30.5 Å². The summed E-state index contributed by atoms with van der Waals surface area (Å²) in [4.78, 5) is 7.52. The molecule has 0 spiro atoms. The predicted molar refractivity (Wildman–Crippen MR) is 51.8 cm³/mol. The molecule has 0 saturated carbocycles. The molecule has 0 aliphatic heterocycles. The molecule has 2 N–H and O–H groups in total. The molecule has 0 aliphatic carbocycles. The Bertz CT molecular complexity index is 500. The molecule has 1 heterocycles. The predicted octanol–water partition coefficient (Wildman–Crippen LogP) is 2.00. The van der Waals surface area contributed by atoms with E-state index in [1.165, 1.54) is 18.3 Å². The molecular weight excluding hydrogens is 200 g/mol. The van der Waals surface area contributed by atoms with Gasteiger partial charge in [-0.05, 0) is 18.2 Å². The van der Waals surface area contributed by atoms with Gasteiger partial charge in [-0.1, -0.05) is 0 Å². The van der Waals surface area contributed by atoms with Crippen LogP contribution >= 0.6 is 0 Å². The number of hydrogen-bond donors (Lipinski definition) is 1. The minimum Gasteiger partial charge on any atom is -0.368 e. The molecule has 1 aromatic heterocycles. The van der Waals surface area contributed by atoms with Crippen LogP contribution in [0.25, 0.3) is 11.3 Å². The molecule has 3 nitrogen and oxygen atoms in total. The first-order valence-corrected chi connectivity index (χ1v) is 4.21. The number of nitrogen functional groups attached to an aromatic ring is 1. The van der Waals surface area contributed by atoms with Crippen LogP contribution in [-0.4, -0.2) is 9.97 Å². The topological polar surface area (TPSA) is 51.8 Å². The van der Waals surface area contributed by atoms with Gasteiger partial charge in [0, 0.05) is 17.8 Å². The summed E-state index contributed by atoms with van der Waals surface area (Å²) in [5.41, 5.74) is 5.89. The maximum absolute atomic E-state index is 13.3. The number of aromatic nitrogens is 2. The quantitative estimate of drug-likeness (QED) is 0.778. The molecule has 1 aromatic carbocycles. The summed E-state index contributed by atoms with van der Waals surface area (Å²) in [5, 5.41) is 0. The van der Waals surface area contributed by atoms with Crippen LogP contribution < -0.4 is 5.73 Å². The number of hydrogen-bond acceptors (Lipinski definition) is 3. The molecule has 15 heavy (non-hydrogen) atoms. The highest BCUT2D eigenvalue weighted by atomic mass is 19.1. The lowest BCUT2D eigenvalue weighted by Gasteiger charge is -2.02. The van der Waals surface area contributed by atoms with Crippen molar-refractivity contribution in [3.8, 4) is 11.3 Å². The van der Waals surface area contributed by atoms with Crippen LogP contribution in [0.5, 0.6) is 0 Å². The van der Waals surface area contributed by atoms with E-state index in [0.29, 0.717) is 5.69 Å². The van der Waals surface area contributed by atoms with Gasteiger partial charge >= 0.3 is 0 Å². The third-order valence-corrected chi connectivity index (χ3v) is 1.88. The average molecular weight is 207 g/mol. The van der Waals surface area contributed by atoms with E-state index in [1.807, 2.05) is 0 Å². The molecule has 2 aromatic rings. The van der Waals surface area contributed by atoms with Crippen LogP contribution in [0.1, 0.15) is 0 Å². The maximum atomic E-state index is 13.3. The van der Waals surface area contributed by atoms with Crippen LogP contribution in [0.4, 0.5) is 14.7 Å².